The Hall–Kier alpha value is -1.75. The van der Waals surface area contributed by atoms with Crippen LogP contribution in [-0.4, -0.2) is 54.9 Å². The van der Waals surface area contributed by atoms with E-state index in [-0.39, 0.29) is 18.7 Å². The number of hydrogen-bond acceptors (Lipinski definition) is 3. The predicted molar refractivity (Wildman–Crippen MR) is 89.3 cm³/mol. The van der Waals surface area contributed by atoms with Crippen LogP contribution in [0.5, 0.6) is 0 Å². The normalized spacial score (nSPS) is 17.6. The molecule has 0 saturated carbocycles. The summed E-state index contributed by atoms with van der Waals surface area (Å²) in [7, 11) is 0. The van der Waals surface area contributed by atoms with Crippen LogP contribution >= 0.6 is 0 Å². The van der Waals surface area contributed by atoms with Crippen molar-refractivity contribution in [3.8, 4) is 0 Å². The standard InChI is InChI=1S/C17H27N3O2/c1-3-19(15-7-4-6-14(2)12-15)11-9-18-17(22)20-10-5-8-16(20)13-21/h4,6-7,12,16,21H,3,5,8-11,13H2,1-2H3,(H,18,22). The lowest BCUT2D eigenvalue weighted by atomic mass is 10.2. The number of urea groups is 1. The third-order valence-electron chi connectivity index (χ3n) is 4.26. The summed E-state index contributed by atoms with van der Waals surface area (Å²) < 4.78 is 0. The average molecular weight is 305 g/mol. The van der Waals surface area contributed by atoms with Gasteiger partial charge in [-0.15, -0.1) is 0 Å². The summed E-state index contributed by atoms with van der Waals surface area (Å²) in [6.45, 7) is 7.29. The number of nitrogens with zero attached hydrogens (tertiary/aromatic N) is 2. The van der Waals surface area contributed by atoms with Crippen molar-refractivity contribution in [2.24, 2.45) is 0 Å². The molecule has 0 spiro atoms. The molecule has 1 atom stereocenters. The molecular weight excluding hydrogens is 278 g/mol. The molecule has 1 unspecified atom stereocenters. The van der Waals surface area contributed by atoms with Gasteiger partial charge < -0.3 is 20.2 Å². The van der Waals surface area contributed by atoms with E-state index in [4.69, 9.17) is 0 Å². The molecule has 2 rings (SSSR count). The molecule has 0 bridgehead atoms. The molecule has 1 aliphatic heterocycles. The molecule has 2 amide bonds. The topological polar surface area (TPSA) is 55.8 Å². The van der Waals surface area contributed by atoms with E-state index >= 15 is 0 Å². The molecule has 1 fully saturated rings. The van der Waals surface area contributed by atoms with Crippen molar-refractivity contribution in [2.45, 2.75) is 32.7 Å². The largest absolute Gasteiger partial charge is 0.394 e. The minimum Gasteiger partial charge on any atom is -0.394 e. The van der Waals surface area contributed by atoms with Crippen LogP contribution in [-0.2, 0) is 0 Å². The van der Waals surface area contributed by atoms with Crippen molar-refractivity contribution in [2.75, 3.05) is 37.7 Å². The van der Waals surface area contributed by atoms with Crippen LogP contribution in [0.1, 0.15) is 25.3 Å². The molecule has 1 aromatic carbocycles. The SMILES string of the molecule is CCN(CCNC(=O)N1CCCC1CO)c1cccc(C)c1. The van der Waals surface area contributed by atoms with Gasteiger partial charge in [0.15, 0.2) is 0 Å². The first-order valence-corrected chi connectivity index (χ1v) is 8.12. The number of aliphatic hydroxyl groups is 1. The minimum absolute atomic E-state index is 0.0148. The number of aryl methyl sites for hydroxylation is 1. The van der Waals surface area contributed by atoms with Gasteiger partial charge >= 0.3 is 6.03 Å². The number of carbonyl (C=O) groups excluding carboxylic acids is 1. The fraction of sp³-hybridized carbons (Fsp3) is 0.588. The summed E-state index contributed by atoms with van der Waals surface area (Å²) in [5, 5.41) is 12.3. The summed E-state index contributed by atoms with van der Waals surface area (Å²) in [6.07, 6.45) is 1.87. The maximum Gasteiger partial charge on any atom is 0.317 e. The number of nitrogens with one attached hydrogen (secondary N) is 1. The van der Waals surface area contributed by atoms with Crippen LogP contribution < -0.4 is 10.2 Å². The molecule has 1 aromatic rings. The lowest BCUT2D eigenvalue weighted by Gasteiger charge is -2.26. The highest BCUT2D eigenvalue weighted by molar-refractivity contribution is 5.74. The number of aliphatic hydroxyl groups excluding tert-OH is 1. The second-order valence-electron chi connectivity index (χ2n) is 5.82. The van der Waals surface area contributed by atoms with E-state index in [1.165, 1.54) is 11.3 Å². The molecular formula is C17H27N3O2. The third-order valence-corrected chi connectivity index (χ3v) is 4.26. The van der Waals surface area contributed by atoms with E-state index in [1.54, 1.807) is 4.90 Å². The van der Waals surface area contributed by atoms with Crippen molar-refractivity contribution < 1.29 is 9.90 Å². The predicted octanol–water partition coefficient (Wildman–Crippen LogP) is 1.99. The molecule has 5 heteroatoms. The molecule has 0 aromatic heterocycles. The Morgan fingerprint density at radius 2 is 2.32 bits per heavy atom. The fourth-order valence-electron chi connectivity index (χ4n) is 2.99. The Morgan fingerprint density at radius 3 is 3.00 bits per heavy atom. The van der Waals surface area contributed by atoms with Gasteiger partial charge in [0.05, 0.1) is 12.6 Å². The molecule has 0 aliphatic carbocycles. The number of hydrogen-bond donors (Lipinski definition) is 2. The number of amides is 2. The van der Waals surface area contributed by atoms with E-state index in [2.05, 4.69) is 48.3 Å². The van der Waals surface area contributed by atoms with Crippen LogP contribution in [0.15, 0.2) is 24.3 Å². The van der Waals surface area contributed by atoms with Crippen molar-refractivity contribution in [3.63, 3.8) is 0 Å². The second-order valence-corrected chi connectivity index (χ2v) is 5.82. The van der Waals surface area contributed by atoms with Crippen molar-refractivity contribution >= 4 is 11.7 Å². The monoisotopic (exact) mass is 305 g/mol. The van der Waals surface area contributed by atoms with Gasteiger partial charge in [-0.25, -0.2) is 4.79 Å². The number of rotatable bonds is 6. The van der Waals surface area contributed by atoms with Gasteiger partial charge in [-0.1, -0.05) is 12.1 Å². The highest BCUT2D eigenvalue weighted by atomic mass is 16.3. The Kier molecular flexibility index (Phi) is 6.07. The zero-order chi connectivity index (χ0) is 15.9. The lowest BCUT2D eigenvalue weighted by Crippen LogP contribution is -2.46. The van der Waals surface area contributed by atoms with Crippen LogP contribution in [0.4, 0.5) is 10.5 Å². The second kappa shape index (κ2) is 8.03. The number of likely N-dealkylation sites (tertiary alicyclic amines) is 1. The molecule has 1 heterocycles. The van der Waals surface area contributed by atoms with E-state index in [1.807, 2.05) is 0 Å². The summed E-state index contributed by atoms with van der Waals surface area (Å²) in [5.41, 5.74) is 2.42. The number of carbonyl (C=O) groups is 1. The smallest absolute Gasteiger partial charge is 0.317 e. The summed E-state index contributed by atoms with van der Waals surface area (Å²) in [6, 6.07) is 8.33. The Balaban J connectivity index is 1.82. The van der Waals surface area contributed by atoms with E-state index < -0.39 is 0 Å². The number of benzene rings is 1. The Bertz CT molecular complexity index is 493. The van der Waals surface area contributed by atoms with Crippen LogP contribution in [0.25, 0.3) is 0 Å². The van der Waals surface area contributed by atoms with Gasteiger partial charge in [-0.3, -0.25) is 0 Å². The summed E-state index contributed by atoms with van der Waals surface area (Å²) in [5.74, 6) is 0. The highest BCUT2D eigenvalue weighted by Crippen LogP contribution is 2.17. The molecule has 5 nitrogen and oxygen atoms in total. The van der Waals surface area contributed by atoms with Crippen molar-refractivity contribution in [1.82, 2.24) is 10.2 Å². The van der Waals surface area contributed by atoms with Gasteiger partial charge in [0.25, 0.3) is 0 Å². The van der Waals surface area contributed by atoms with E-state index in [9.17, 15) is 9.90 Å². The molecule has 0 radical (unpaired) electrons. The van der Waals surface area contributed by atoms with Crippen LogP contribution in [0.2, 0.25) is 0 Å². The number of anilines is 1. The Morgan fingerprint density at radius 1 is 1.50 bits per heavy atom. The maximum atomic E-state index is 12.2. The first-order valence-electron chi connectivity index (χ1n) is 8.12. The third kappa shape index (κ3) is 4.13. The van der Waals surface area contributed by atoms with Crippen molar-refractivity contribution in [1.29, 1.82) is 0 Å². The molecule has 1 aliphatic rings. The summed E-state index contributed by atoms with van der Waals surface area (Å²) >= 11 is 0. The van der Waals surface area contributed by atoms with Gasteiger partial charge in [0.1, 0.15) is 0 Å². The molecule has 2 N–H and O–H groups in total. The maximum absolute atomic E-state index is 12.2. The van der Waals surface area contributed by atoms with Crippen LogP contribution in [0.3, 0.4) is 0 Å². The molecule has 122 valence electrons. The zero-order valence-electron chi connectivity index (χ0n) is 13.6. The van der Waals surface area contributed by atoms with Gasteiger partial charge in [-0.2, -0.15) is 0 Å². The lowest BCUT2D eigenvalue weighted by molar-refractivity contribution is 0.157. The van der Waals surface area contributed by atoms with Gasteiger partial charge in [0, 0.05) is 31.9 Å². The molecule has 1 saturated heterocycles. The molecule has 22 heavy (non-hydrogen) atoms. The van der Waals surface area contributed by atoms with E-state index in [0.29, 0.717) is 6.54 Å². The van der Waals surface area contributed by atoms with Gasteiger partial charge in [-0.05, 0) is 44.4 Å². The quantitative estimate of drug-likeness (QED) is 0.845. The first-order chi connectivity index (χ1) is 10.7. The number of likely N-dealkylation sites (N-methyl/N-ethyl adjacent to an activating group) is 1. The minimum atomic E-state index is -0.0585. The average Bonchev–Trinajstić information content (AvgIpc) is 3.00. The summed E-state index contributed by atoms with van der Waals surface area (Å²) in [4.78, 5) is 16.2. The van der Waals surface area contributed by atoms with E-state index in [0.717, 1.165) is 32.5 Å². The Labute approximate surface area is 132 Å². The zero-order valence-corrected chi connectivity index (χ0v) is 13.6. The van der Waals surface area contributed by atoms with Crippen molar-refractivity contribution in [3.05, 3.63) is 29.8 Å². The first kappa shape index (κ1) is 16.6. The van der Waals surface area contributed by atoms with Gasteiger partial charge in [0.2, 0.25) is 0 Å². The van der Waals surface area contributed by atoms with Crippen LogP contribution in [0, 0.1) is 6.92 Å². The highest BCUT2D eigenvalue weighted by Gasteiger charge is 2.27. The fourth-order valence-corrected chi connectivity index (χ4v) is 2.99.